The molecular weight excluding hydrogens is 446 g/mol. The number of carbonyl (C=O) groups excluding carboxylic acids is 2. The van der Waals surface area contributed by atoms with E-state index < -0.39 is 39.9 Å². The highest BCUT2D eigenvalue weighted by Crippen LogP contribution is 2.21. The number of benzene rings is 2. The number of hydrogen-bond acceptors (Lipinski definition) is 6. The zero-order valence-corrected chi connectivity index (χ0v) is 17.9. The van der Waals surface area contributed by atoms with Crippen molar-refractivity contribution in [2.75, 3.05) is 39.5 Å². The molecule has 1 aliphatic heterocycles. The fourth-order valence-corrected chi connectivity index (χ4v) is 4.45. The van der Waals surface area contributed by atoms with Crippen molar-refractivity contribution in [1.82, 2.24) is 9.62 Å². The van der Waals surface area contributed by atoms with E-state index in [0.29, 0.717) is 6.42 Å². The van der Waals surface area contributed by atoms with E-state index in [1.165, 1.54) is 16.4 Å². The Morgan fingerprint density at radius 2 is 1.75 bits per heavy atom. The molecule has 11 heteroatoms. The van der Waals surface area contributed by atoms with Gasteiger partial charge in [-0.2, -0.15) is 4.31 Å². The lowest BCUT2D eigenvalue weighted by Gasteiger charge is -2.26. The molecule has 32 heavy (non-hydrogen) atoms. The summed E-state index contributed by atoms with van der Waals surface area (Å²) in [6.07, 6.45) is 0.441. The second-order valence-corrected chi connectivity index (χ2v) is 8.90. The van der Waals surface area contributed by atoms with Gasteiger partial charge in [-0.05, 0) is 42.3 Å². The number of rotatable bonds is 8. The van der Waals surface area contributed by atoms with Gasteiger partial charge < -0.3 is 14.8 Å². The number of nitrogens with one attached hydrogen (secondary N) is 1. The predicted octanol–water partition coefficient (Wildman–Crippen LogP) is 1.50. The van der Waals surface area contributed by atoms with E-state index in [1.54, 1.807) is 12.1 Å². The van der Waals surface area contributed by atoms with Crippen molar-refractivity contribution in [1.29, 1.82) is 0 Å². The highest BCUT2D eigenvalue weighted by Gasteiger charge is 2.28. The number of halogens is 2. The molecular formula is C21H22F2N2O6S. The fourth-order valence-electron chi connectivity index (χ4n) is 3.01. The van der Waals surface area contributed by atoms with Gasteiger partial charge in [-0.25, -0.2) is 22.0 Å². The van der Waals surface area contributed by atoms with Crippen molar-refractivity contribution >= 4 is 21.9 Å². The van der Waals surface area contributed by atoms with Crippen molar-refractivity contribution in [2.45, 2.75) is 11.3 Å². The van der Waals surface area contributed by atoms with Gasteiger partial charge in [0, 0.05) is 19.6 Å². The molecule has 8 nitrogen and oxygen atoms in total. The largest absolute Gasteiger partial charge is 0.452 e. The van der Waals surface area contributed by atoms with Gasteiger partial charge in [-0.1, -0.05) is 12.1 Å². The Labute approximate surface area is 184 Å². The van der Waals surface area contributed by atoms with Crippen molar-refractivity contribution in [3.8, 4) is 0 Å². The molecule has 1 N–H and O–H groups in total. The monoisotopic (exact) mass is 468 g/mol. The molecule has 2 aromatic rings. The Bertz CT molecular complexity index is 1070. The summed E-state index contributed by atoms with van der Waals surface area (Å²) in [5, 5.41) is 2.53. The van der Waals surface area contributed by atoms with Crippen LogP contribution in [0.2, 0.25) is 0 Å². The molecule has 0 spiro atoms. The quantitative estimate of drug-likeness (QED) is 0.590. The molecule has 172 valence electrons. The molecule has 0 aliphatic carbocycles. The third kappa shape index (κ3) is 6.09. The van der Waals surface area contributed by atoms with E-state index in [1.807, 2.05) is 0 Å². The van der Waals surface area contributed by atoms with Crippen LogP contribution < -0.4 is 5.32 Å². The molecule has 0 aromatic heterocycles. The lowest BCUT2D eigenvalue weighted by molar-refractivity contribution is -0.124. The molecule has 0 atom stereocenters. The van der Waals surface area contributed by atoms with Crippen LogP contribution in [0.4, 0.5) is 8.78 Å². The molecule has 0 bridgehead atoms. The summed E-state index contributed by atoms with van der Waals surface area (Å²) in [6.45, 7) is 0.345. The molecule has 1 amide bonds. The third-order valence-corrected chi connectivity index (χ3v) is 6.64. The number of ether oxygens (including phenoxy) is 2. The maximum absolute atomic E-state index is 14.1. The van der Waals surface area contributed by atoms with Gasteiger partial charge in [-0.3, -0.25) is 4.79 Å². The minimum atomic E-state index is -3.93. The van der Waals surface area contributed by atoms with E-state index in [-0.39, 0.29) is 43.6 Å². The van der Waals surface area contributed by atoms with Gasteiger partial charge >= 0.3 is 5.97 Å². The third-order valence-electron chi connectivity index (χ3n) is 4.75. The number of morpholine rings is 1. The number of carbonyl (C=O) groups is 2. The zero-order valence-electron chi connectivity index (χ0n) is 17.1. The van der Waals surface area contributed by atoms with Gasteiger partial charge in [0.05, 0.1) is 23.7 Å². The van der Waals surface area contributed by atoms with Crippen LogP contribution in [0.1, 0.15) is 15.9 Å². The second kappa shape index (κ2) is 10.6. The Kier molecular flexibility index (Phi) is 7.89. The summed E-state index contributed by atoms with van der Waals surface area (Å²) in [7, 11) is -3.93. The number of nitrogens with zero attached hydrogens (tertiary/aromatic N) is 1. The summed E-state index contributed by atoms with van der Waals surface area (Å²) in [4.78, 5) is 23.9. The average Bonchev–Trinajstić information content (AvgIpc) is 2.79. The van der Waals surface area contributed by atoms with Gasteiger partial charge in [0.1, 0.15) is 11.6 Å². The summed E-state index contributed by atoms with van der Waals surface area (Å²) < 4.78 is 63.6. The number of hydrogen-bond donors (Lipinski definition) is 1. The Morgan fingerprint density at radius 3 is 2.44 bits per heavy atom. The van der Waals surface area contributed by atoms with Crippen molar-refractivity contribution in [3.63, 3.8) is 0 Å². The maximum atomic E-state index is 14.1. The minimum absolute atomic E-state index is 0.150. The Balaban J connectivity index is 1.55. The molecule has 3 rings (SSSR count). The fraction of sp³-hybridized carbons (Fsp3) is 0.333. The SMILES string of the molecule is O=C(COC(=O)c1cc(S(=O)(=O)N2CCOCC2)ccc1F)NCCc1ccc(F)cc1. The first-order chi connectivity index (χ1) is 15.3. The van der Waals surface area contributed by atoms with Crippen molar-refractivity contribution in [3.05, 3.63) is 65.2 Å². The smallest absolute Gasteiger partial charge is 0.341 e. The van der Waals surface area contributed by atoms with Gasteiger partial charge in [0.2, 0.25) is 10.0 Å². The van der Waals surface area contributed by atoms with Crippen molar-refractivity contribution < 1.29 is 36.3 Å². The number of esters is 1. The number of sulfonamides is 1. The maximum Gasteiger partial charge on any atom is 0.341 e. The number of amides is 1. The molecule has 1 fully saturated rings. The van der Waals surface area contributed by atoms with Gasteiger partial charge in [0.25, 0.3) is 5.91 Å². The van der Waals surface area contributed by atoms with Crippen LogP contribution >= 0.6 is 0 Å². The van der Waals surface area contributed by atoms with Crippen LogP contribution in [-0.4, -0.2) is 64.1 Å². The Hall–Kier alpha value is -2.89. The predicted molar refractivity (Wildman–Crippen MR) is 109 cm³/mol. The minimum Gasteiger partial charge on any atom is -0.452 e. The molecule has 0 unspecified atom stereocenters. The molecule has 1 saturated heterocycles. The van der Waals surface area contributed by atoms with Crippen LogP contribution in [0.15, 0.2) is 47.4 Å². The summed E-state index contributed by atoms with van der Waals surface area (Å²) in [5.74, 6) is -3.10. The topological polar surface area (TPSA) is 102 Å². The summed E-state index contributed by atoms with van der Waals surface area (Å²) in [5.41, 5.74) is 0.225. The van der Waals surface area contributed by atoms with Crippen LogP contribution in [-0.2, 0) is 30.7 Å². The van der Waals surface area contributed by atoms with E-state index in [4.69, 9.17) is 9.47 Å². The molecule has 0 radical (unpaired) electrons. The molecule has 1 aliphatic rings. The average molecular weight is 468 g/mol. The van der Waals surface area contributed by atoms with E-state index in [0.717, 1.165) is 23.8 Å². The van der Waals surface area contributed by atoms with Crippen LogP contribution in [0.3, 0.4) is 0 Å². The first kappa shape index (κ1) is 23.8. The van der Waals surface area contributed by atoms with Crippen LogP contribution in [0, 0.1) is 11.6 Å². The highest BCUT2D eigenvalue weighted by molar-refractivity contribution is 7.89. The standard InChI is InChI=1S/C21H22F2N2O6S/c22-16-3-1-15(2-4-16)7-8-24-20(26)14-31-21(27)18-13-17(5-6-19(18)23)32(28,29)25-9-11-30-12-10-25/h1-6,13H,7-12,14H2,(H,24,26). The summed E-state index contributed by atoms with van der Waals surface area (Å²) >= 11 is 0. The lowest BCUT2D eigenvalue weighted by atomic mass is 10.1. The van der Waals surface area contributed by atoms with Crippen LogP contribution in [0.5, 0.6) is 0 Å². The first-order valence-corrected chi connectivity index (χ1v) is 11.3. The molecule has 1 heterocycles. The second-order valence-electron chi connectivity index (χ2n) is 6.96. The zero-order chi connectivity index (χ0) is 23.1. The van der Waals surface area contributed by atoms with E-state index in [2.05, 4.69) is 5.32 Å². The van der Waals surface area contributed by atoms with Crippen molar-refractivity contribution in [2.24, 2.45) is 0 Å². The van der Waals surface area contributed by atoms with Gasteiger partial charge in [0.15, 0.2) is 6.61 Å². The van der Waals surface area contributed by atoms with E-state index >= 15 is 0 Å². The lowest BCUT2D eigenvalue weighted by Crippen LogP contribution is -2.40. The normalized spacial score (nSPS) is 14.7. The molecule has 0 saturated carbocycles. The summed E-state index contributed by atoms with van der Waals surface area (Å²) in [6, 6.07) is 8.62. The Morgan fingerprint density at radius 1 is 1.06 bits per heavy atom. The highest BCUT2D eigenvalue weighted by atomic mass is 32.2. The van der Waals surface area contributed by atoms with Crippen LogP contribution in [0.25, 0.3) is 0 Å². The first-order valence-electron chi connectivity index (χ1n) is 9.83. The van der Waals surface area contributed by atoms with E-state index in [9.17, 15) is 26.8 Å². The van der Waals surface area contributed by atoms with Gasteiger partial charge in [-0.15, -0.1) is 0 Å². The molecule has 2 aromatic carbocycles.